The largest absolute Gasteiger partial charge is 0.497 e. The van der Waals surface area contributed by atoms with Crippen molar-refractivity contribution in [2.75, 3.05) is 13.7 Å². The Morgan fingerprint density at radius 2 is 1.06 bits per heavy atom. The maximum Gasteiger partial charge on any atom is 0.303 e. The Kier molecular flexibility index (Phi) is 17.1. The van der Waals surface area contributed by atoms with E-state index in [1.807, 2.05) is 115 Å². The van der Waals surface area contributed by atoms with E-state index in [1.165, 1.54) is 13.8 Å². The number of hydrogen-bond acceptors (Lipinski definition) is 13. The summed E-state index contributed by atoms with van der Waals surface area (Å²) in [6.45, 7) is 2.98. The van der Waals surface area contributed by atoms with Gasteiger partial charge in [-0.2, -0.15) is 0 Å². The van der Waals surface area contributed by atoms with Crippen LogP contribution < -0.4 is 4.74 Å². The third-order valence-electron chi connectivity index (χ3n) is 10.3. The molecule has 1 aliphatic carbocycles. The normalized spacial score (nSPS) is 25.7. The molecule has 17 heteroatoms. The third kappa shape index (κ3) is 12.8. The van der Waals surface area contributed by atoms with Gasteiger partial charge in [0.1, 0.15) is 42.4 Å². The molecule has 0 radical (unpaired) electrons. The highest BCUT2D eigenvalue weighted by Crippen LogP contribution is 2.37. The van der Waals surface area contributed by atoms with Gasteiger partial charge in [0.2, 0.25) is 0 Å². The van der Waals surface area contributed by atoms with Crippen LogP contribution in [0.2, 0.25) is 0 Å². The summed E-state index contributed by atoms with van der Waals surface area (Å²) in [5.74, 6) is -0.785. The highest BCUT2D eigenvalue weighted by atomic mass is 16.7. The van der Waals surface area contributed by atoms with Crippen molar-refractivity contribution < 1.29 is 52.2 Å². The first-order valence-corrected chi connectivity index (χ1v) is 20.2. The fraction of sp³-hybridized carbons (Fsp3) is 0.422. The fourth-order valence-corrected chi connectivity index (χ4v) is 7.49. The third-order valence-corrected chi connectivity index (χ3v) is 10.3. The molecule has 2 aliphatic rings. The van der Waals surface area contributed by atoms with Crippen molar-refractivity contribution >= 4 is 11.9 Å². The molecule has 0 N–H and O–H groups in total. The summed E-state index contributed by atoms with van der Waals surface area (Å²) in [7, 11) is 1.60. The van der Waals surface area contributed by atoms with Crippen molar-refractivity contribution in [1.82, 2.24) is 0 Å². The van der Waals surface area contributed by atoms with Crippen molar-refractivity contribution in [2.24, 2.45) is 10.2 Å². The van der Waals surface area contributed by atoms with Crippen LogP contribution >= 0.6 is 0 Å². The quantitative estimate of drug-likeness (QED) is 0.0363. The van der Waals surface area contributed by atoms with Crippen LogP contribution in [-0.4, -0.2) is 86.8 Å². The summed E-state index contributed by atoms with van der Waals surface area (Å²) in [4.78, 5) is 31.2. The van der Waals surface area contributed by atoms with Crippen LogP contribution in [0.5, 0.6) is 5.75 Å². The Bertz CT molecular complexity index is 2110. The molecular weight excluding hydrogens is 801 g/mol. The molecule has 0 unspecified atom stereocenters. The van der Waals surface area contributed by atoms with Crippen LogP contribution in [0, 0.1) is 0 Å². The molecule has 0 bridgehead atoms. The van der Waals surface area contributed by atoms with Crippen molar-refractivity contribution in [2.45, 2.75) is 108 Å². The molecular formula is C45H50N6O11. The molecule has 0 spiro atoms. The van der Waals surface area contributed by atoms with Crippen LogP contribution in [0.4, 0.5) is 0 Å². The summed E-state index contributed by atoms with van der Waals surface area (Å²) in [5, 5.41) is 7.82. The molecule has 1 heterocycles. The van der Waals surface area contributed by atoms with Gasteiger partial charge in [-0.25, -0.2) is 0 Å². The summed E-state index contributed by atoms with van der Waals surface area (Å²) >= 11 is 0. The highest BCUT2D eigenvalue weighted by molar-refractivity contribution is 5.67. The lowest BCUT2D eigenvalue weighted by molar-refractivity contribution is -0.345. The summed E-state index contributed by atoms with van der Waals surface area (Å²) < 4.78 is 57.1. The van der Waals surface area contributed by atoms with Gasteiger partial charge in [-0.05, 0) is 51.9 Å². The molecule has 4 aromatic rings. The second-order valence-electron chi connectivity index (χ2n) is 14.7. The lowest BCUT2D eigenvalue weighted by atomic mass is 9.84. The second kappa shape index (κ2) is 23.3. The number of esters is 2. The zero-order valence-electron chi connectivity index (χ0n) is 34.7. The highest BCUT2D eigenvalue weighted by Gasteiger charge is 2.54. The van der Waals surface area contributed by atoms with Gasteiger partial charge in [0.05, 0.1) is 52.2 Å². The number of benzene rings is 4. The average Bonchev–Trinajstić information content (AvgIpc) is 3.28. The van der Waals surface area contributed by atoms with Gasteiger partial charge in [-0.15, -0.1) is 0 Å². The first-order valence-electron chi connectivity index (χ1n) is 20.2. The van der Waals surface area contributed by atoms with E-state index in [0.29, 0.717) is 5.75 Å². The van der Waals surface area contributed by atoms with Gasteiger partial charge in [0, 0.05) is 23.7 Å². The van der Waals surface area contributed by atoms with E-state index >= 15 is 0 Å². The minimum atomic E-state index is -1.42. The van der Waals surface area contributed by atoms with E-state index < -0.39 is 73.0 Å². The van der Waals surface area contributed by atoms with Crippen molar-refractivity contribution in [3.8, 4) is 5.75 Å². The van der Waals surface area contributed by atoms with Gasteiger partial charge < -0.3 is 42.6 Å². The predicted molar refractivity (Wildman–Crippen MR) is 223 cm³/mol. The predicted octanol–water partition coefficient (Wildman–Crippen LogP) is 7.70. The number of hydrogen-bond donors (Lipinski definition) is 0. The molecule has 2 fully saturated rings. The SMILES string of the molecule is COc1ccc(COC[C@H]2O[C@H](O[C@H]3[C@H](OC(C)=O)[C@@H](OC(C)=O)[C@H](N=[N+]=[N-])C[C@@H]3N=[N+]=[N-])[C@H](OCc3ccccc3)[C@@H](OCc3ccccc3)[C@@H]2OCc2ccccc2)cc1. The van der Waals surface area contributed by atoms with Gasteiger partial charge >= 0.3 is 11.9 Å². The summed E-state index contributed by atoms with van der Waals surface area (Å²) in [5.41, 5.74) is 22.7. The molecule has 10 atom stereocenters. The van der Waals surface area contributed by atoms with Crippen molar-refractivity contribution in [1.29, 1.82) is 0 Å². The van der Waals surface area contributed by atoms with Crippen LogP contribution in [0.1, 0.15) is 42.5 Å². The Morgan fingerprint density at radius 1 is 0.597 bits per heavy atom. The number of methoxy groups -OCH3 is 1. The molecule has 0 amide bonds. The number of ether oxygens (including phenoxy) is 9. The van der Waals surface area contributed by atoms with E-state index in [2.05, 4.69) is 20.1 Å². The van der Waals surface area contributed by atoms with E-state index in [9.17, 15) is 20.7 Å². The Balaban J connectivity index is 1.42. The molecule has 1 aliphatic heterocycles. The van der Waals surface area contributed by atoms with Crippen LogP contribution in [0.25, 0.3) is 20.9 Å². The number of carbonyl (C=O) groups excluding carboxylic acids is 2. The topological polar surface area (TPSA) is 215 Å². The fourth-order valence-electron chi connectivity index (χ4n) is 7.49. The smallest absolute Gasteiger partial charge is 0.303 e. The van der Waals surface area contributed by atoms with E-state index in [4.69, 9.17) is 42.6 Å². The number of nitrogens with zero attached hydrogens (tertiary/aromatic N) is 6. The molecule has 1 saturated heterocycles. The molecule has 0 aromatic heterocycles. The van der Waals surface area contributed by atoms with Crippen LogP contribution in [-0.2, 0) is 73.9 Å². The van der Waals surface area contributed by atoms with Crippen LogP contribution in [0.3, 0.4) is 0 Å². The van der Waals surface area contributed by atoms with Gasteiger partial charge in [0.25, 0.3) is 0 Å². The molecule has 6 rings (SSSR count). The van der Waals surface area contributed by atoms with Gasteiger partial charge in [-0.3, -0.25) is 9.59 Å². The maximum atomic E-state index is 12.7. The summed E-state index contributed by atoms with van der Waals surface area (Å²) in [6, 6.07) is 34.0. The molecule has 17 nitrogen and oxygen atoms in total. The molecule has 1 saturated carbocycles. The maximum absolute atomic E-state index is 12.7. The molecule has 62 heavy (non-hydrogen) atoms. The number of carbonyl (C=O) groups is 2. The monoisotopic (exact) mass is 850 g/mol. The zero-order valence-corrected chi connectivity index (χ0v) is 34.7. The van der Waals surface area contributed by atoms with E-state index in [0.717, 1.165) is 22.3 Å². The Hall–Kier alpha value is -6.00. The van der Waals surface area contributed by atoms with Crippen LogP contribution in [0.15, 0.2) is 125 Å². The minimum absolute atomic E-state index is 0.00516. The Labute approximate surface area is 359 Å². The van der Waals surface area contributed by atoms with Crippen molar-refractivity contribution in [3.05, 3.63) is 158 Å². The first kappa shape index (κ1) is 45.5. The molecule has 4 aromatic carbocycles. The van der Waals surface area contributed by atoms with Gasteiger partial charge in [-0.1, -0.05) is 113 Å². The first-order chi connectivity index (χ1) is 30.3. The van der Waals surface area contributed by atoms with E-state index in [-0.39, 0.29) is 39.5 Å². The zero-order chi connectivity index (χ0) is 43.7. The van der Waals surface area contributed by atoms with Crippen molar-refractivity contribution in [3.63, 3.8) is 0 Å². The lowest BCUT2D eigenvalue weighted by Gasteiger charge is -2.49. The molecule has 326 valence electrons. The average molecular weight is 851 g/mol. The lowest BCUT2D eigenvalue weighted by Crippen LogP contribution is -2.65. The van der Waals surface area contributed by atoms with E-state index in [1.54, 1.807) is 7.11 Å². The van der Waals surface area contributed by atoms with Gasteiger partial charge in [0.15, 0.2) is 12.4 Å². The number of rotatable bonds is 20. The minimum Gasteiger partial charge on any atom is -0.497 e. The Morgan fingerprint density at radius 3 is 1.56 bits per heavy atom. The number of azide groups is 2. The standard InChI is InChI=1S/C45H50N6O11/c1-29(52)59-39-36(48-50-46)23-37(49-51-47)40(43(39)60-30(2)53)62-45-44(58-27-33-17-11-6-12-18-33)42(57-26-32-15-9-5-10-16-32)41(56-25-31-13-7-4-8-14-31)38(61-45)28-55-24-34-19-21-35(54-3)22-20-34/h4-22,36-45H,23-28H2,1-3H3/t36-,37+,38-,39+,40-,41-,42+,43-,44-,45-/m1/s1. The second-order valence-corrected chi connectivity index (χ2v) is 14.7. The summed E-state index contributed by atoms with van der Waals surface area (Å²) in [6.07, 6.45) is -9.14.